The zero-order valence-electron chi connectivity index (χ0n) is 6.94. The van der Waals surface area contributed by atoms with Crippen molar-refractivity contribution >= 4 is 33.2 Å². The summed E-state index contributed by atoms with van der Waals surface area (Å²) in [4.78, 5) is 1.13. The SMILES string of the molecule is CSc1ccc2c(O)c(O)sc2c1. The molecule has 13 heavy (non-hydrogen) atoms. The summed E-state index contributed by atoms with van der Waals surface area (Å²) < 4.78 is 0.918. The van der Waals surface area contributed by atoms with Gasteiger partial charge >= 0.3 is 0 Å². The lowest BCUT2D eigenvalue weighted by atomic mass is 10.2. The molecule has 4 heteroatoms. The maximum Gasteiger partial charge on any atom is 0.215 e. The van der Waals surface area contributed by atoms with Crippen LogP contribution in [0.1, 0.15) is 0 Å². The number of aromatic hydroxyl groups is 2. The summed E-state index contributed by atoms with van der Waals surface area (Å²) in [5, 5.41) is 19.4. The standard InChI is InChI=1S/C9H8O2S2/c1-12-5-2-3-6-7(4-5)13-9(11)8(6)10/h2-4,10-11H,1H3. The Morgan fingerprint density at radius 3 is 2.77 bits per heavy atom. The smallest absolute Gasteiger partial charge is 0.215 e. The lowest BCUT2D eigenvalue weighted by Crippen LogP contribution is -1.68. The van der Waals surface area contributed by atoms with Crippen molar-refractivity contribution in [3.05, 3.63) is 18.2 Å². The number of hydrogen-bond acceptors (Lipinski definition) is 4. The second-order valence-corrected chi connectivity index (χ2v) is 4.53. The van der Waals surface area contributed by atoms with Gasteiger partial charge in [-0.05, 0) is 24.5 Å². The Morgan fingerprint density at radius 1 is 1.31 bits per heavy atom. The van der Waals surface area contributed by atoms with Crippen LogP contribution in [-0.4, -0.2) is 16.5 Å². The summed E-state index contributed by atoms with van der Waals surface area (Å²) in [6, 6.07) is 5.72. The molecule has 0 bridgehead atoms. The molecule has 0 aliphatic heterocycles. The minimum Gasteiger partial charge on any atom is -0.503 e. The number of thiophene rings is 1. The van der Waals surface area contributed by atoms with E-state index in [1.165, 1.54) is 11.3 Å². The van der Waals surface area contributed by atoms with E-state index in [2.05, 4.69) is 0 Å². The van der Waals surface area contributed by atoms with Crippen LogP contribution in [0.15, 0.2) is 23.1 Å². The molecule has 0 unspecified atom stereocenters. The van der Waals surface area contributed by atoms with E-state index in [1.807, 2.05) is 24.5 Å². The van der Waals surface area contributed by atoms with Gasteiger partial charge in [-0.1, -0.05) is 11.3 Å². The largest absolute Gasteiger partial charge is 0.503 e. The number of benzene rings is 1. The number of hydrogen-bond donors (Lipinski definition) is 2. The van der Waals surface area contributed by atoms with Crippen molar-refractivity contribution in [1.29, 1.82) is 0 Å². The van der Waals surface area contributed by atoms with Crippen LogP contribution in [0.3, 0.4) is 0 Å². The molecule has 2 aromatic rings. The van der Waals surface area contributed by atoms with Crippen LogP contribution in [0.2, 0.25) is 0 Å². The van der Waals surface area contributed by atoms with Gasteiger partial charge in [-0.15, -0.1) is 11.8 Å². The predicted octanol–water partition coefficient (Wildman–Crippen LogP) is 3.03. The van der Waals surface area contributed by atoms with Crippen molar-refractivity contribution < 1.29 is 10.2 Å². The molecule has 0 atom stereocenters. The van der Waals surface area contributed by atoms with Gasteiger partial charge < -0.3 is 10.2 Å². The van der Waals surface area contributed by atoms with E-state index < -0.39 is 0 Å². The molecule has 0 aliphatic carbocycles. The summed E-state index contributed by atoms with van der Waals surface area (Å²) in [6.07, 6.45) is 1.99. The molecule has 0 amide bonds. The average Bonchev–Trinajstić information content (AvgIpc) is 2.42. The third-order valence-corrected chi connectivity index (χ3v) is 3.52. The van der Waals surface area contributed by atoms with Crippen LogP contribution in [0.4, 0.5) is 0 Å². The highest BCUT2D eigenvalue weighted by atomic mass is 32.2. The summed E-state index contributed by atoms with van der Waals surface area (Å²) in [6.45, 7) is 0. The van der Waals surface area contributed by atoms with E-state index in [1.54, 1.807) is 11.8 Å². The molecule has 1 aromatic carbocycles. The maximum absolute atomic E-state index is 9.42. The number of thioether (sulfide) groups is 1. The Labute approximate surface area is 83.8 Å². The van der Waals surface area contributed by atoms with Gasteiger partial charge in [0.1, 0.15) is 0 Å². The monoisotopic (exact) mass is 212 g/mol. The summed E-state index contributed by atoms with van der Waals surface area (Å²) >= 11 is 2.84. The quantitative estimate of drug-likeness (QED) is 0.714. The molecule has 68 valence electrons. The molecule has 0 saturated heterocycles. The van der Waals surface area contributed by atoms with Gasteiger partial charge in [0.2, 0.25) is 5.06 Å². The first kappa shape index (κ1) is 8.72. The van der Waals surface area contributed by atoms with Crippen LogP contribution in [0, 0.1) is 0 Å². The van der Waals surface area contributed by atoms with Crippen molar-refractivity contribution in [2.24, 2.45) is 0 Å². The minimum atomic E-state index is -0.00680. The van der Waals surface area contributed by atoms with Crippen LogP contribution in [0.5, 0.6) is 10.8 Å². The maximum atomic E-state index is 9.42. The predicted molar refractivity (Wildman–Crippen MR) is 56.9 cm³/mol. The average molecular weight is 212 g/mol. The Hall–Kier alpha value is -0.870. The number of rotatable bonds is 1. The fraction of sp³-hybridized carbons (Fsp3) is 0.111. The van der Waals surface area contributed by atoms with Gasteiger partial charge in [0.15, 0.2) is 5.75 Å². The molecular formula is C9H8O2S2. The second kappa shape index (κ2) is 3.12. The Kier molecular flexibility index (Phi) is 2.09. The molecule has 2 N–H and O–H groups in total. The minimum absolute atomic E-state index is 0.00625. The molecule has 2 rings (SSSR count). The van der Waals surface area contributed by atoms with Crippen molar-refractivity contribution in [3.8, 4) is 10.8 Å². The zero-order chi connectivity index (χ0) is 9.42. The highest BCUT2D eigenvalue weighted by Gasteiger charge is 2.09. The van der Waals surface area contributed by atoms with E-state index in [0.717, 1.165) is 15.0 Å². The molecule has 1 aromatic heterocycles. The van der Waals surface area contributed by atoms with Gasteiger partial charge in [-0.2, -0.15) is 0 Å². The fourth-order valence-corrected chi connectivity index (χ4v) is 2.57. The van der Waals surface area contributed by atoms with Gasteiger partial charge in [0, 0.05) is 15.0 Å². The van der Waals surface area contributed by atoms with Crippen LogP contribution < -0.4 is 0 Å². The molecule has 0 radical (unpaired) electrons. The third kappa shape index (κ3) is 1.36. The first-order valence-electron chi connectivity index (χ1n) is 3.71. The summed E-state index contributed by atoms with van der Waals surface area (Å²) in [5.74, 6) is -0.00680. The first-order chi connectivity index (χ1) is 6.22. The normalized spacial score (nSPS) is 10.8. The Balaban J connectivity index is 2.73. The lowest BCUT2D eigenvalue weighted by molar-refractivity contribution is 0.419. The van der Waals surface area contributed by atoms with Crippen LogP contribution in [0.25, 0.3) is 10.1 Å². The van der Waals surface area contributed by atoms with E-state index in [4.69, 9.17) is 0 Å². The van der Waals surface area contributed by atoms with Crippen molar-refractivity contribution in [1.82, 2.24) is 0 Å². The van der Waals surface area contributed by atoms with Crippen molar-refractivity contribution in [2.75, 3.05) is 6.26 Å². The van der Waals surface area contributed by atoms with Crippen LogP contribution in [-0.2, 0) is 0 Å². The fourth-order valence-electron chi connectivity index (χ4n) is 1.18. The highest BCUT2D eigenvalue weighted by molar-refractivity contribution is 7.98. The highest BCUT2D eigenvalue weighted by Crippen LogP contribution is 2.42. The molecule has 0 spiro atoms. The topological polar surface area (TPSA) is 40.5 Å². The third-order valence-electron chi connectivity index (χ3n) is 1.85. The van der Waals surface area contributed by atoms with E-state index in [9.17, 15) is 10.2 Å². The van der Waals surface area contributed by atoms with E-state index in [-0.39, 0.29) is 10.8 Å². The molecule has 0 saturated carbocycles. The van der Waals surface area contributed by atoms with Crippen molar-refractivity contribution in [3.63, 3.8) is 0 Å². The zero-order valence-corrected chi connectivity index (χ0v) is 8.58. The first-order valence-corrected chi connectivity index (χ1v) is 5.75. The van der Waals surface area contributed by atoms with Gasteiger partial charge in [0.25, 0.3) is 0 Å². The lowest BCUT2D eigenvalue weighted by Gasteiger charge is -1.94. The molecule has 0 aliphatic rings. The molecule has 2 nitrogen and oxygen atoms in total. The van der Waals surface area contributed by atoms with Gasteiger partial charge in [0.05, 0.1) is 0 Å². The van der Waals surface area contributed by atoms with Gasteiger partial charge in [-0.3, -0.25) is 0 Å². The molecule has 1 heterocycles. The van der Waals surface area contributed by atoms with Crippen LogP contribution >= 0.6 is 23.1 Å². The molecule has 0 fully saturated rings. The summed E-state index contributed by atoms with van der Waals surface area (Å²) in [5.41, 5.74) is 0. The summed E-state index contributed by atoms with van der Waals surface area (Å²) in [7, 11) is 0. The molecular weight excluding hydrogens is 204 g/mol. The van der Waals surface area contributed by atoms with Gasteiger partial charge in [-0.25, -0.2) is 0 Å². The second-order valence-electron chi connectivity index (χ2n) is 2.62. The Morgan fingerprint density at radius 2 is 2.08 bits per heavy atom. The van der Waals surface area contributed by atoms with Crippen molar-refractivity contribution in [2.45, 2.75) is 4.90 Å². The Bertz CT molecular complexity index is 448. The number of fused-ring (bicyclic) bond motifs is 1. The van der Waals surface area contributed by atoms with E-state index in [0.29, 0.717) is 0 Å². The van der Waals surface area contributed by atoms with E-state index >= 15 is 0 Å².